The monoisotopic (exact) mass is 626 g/mol. The number of fused-ring (bicyclic) bond motifs is 1. The molecule has 1 saturated carbocycles. The third kappa shape index (κ3) is 4.67. The van der Waals surface area contributed by atoms with Crippen molar-refractivity contribution in [1.82, 2.24) is 10.2 Å². The number of esters is 1. The molecule has 0 aromatic heterocycles. The summed E-state index contributed by atoms with van der Waals surface area (Å²) in [5.74, 6) is -3.28. The molecular weight excluding hydrogens is 611 g/mol. The molecule has 5 rings (SSSR count). The van der Waals surface area contributed by atoms with E-state index in [-0.39, 0.29) is 29.9 Å². The molecule has 4 amide bonds. The molecule has 2 aromatic carbocycles. The summed E-state index contributed by atoms with van der Waals surface area (Å²) in [4.78, 5) is 64.3. The van der Waals surface area contributed by atoms with E-state index in [4.69, 9.17) is 39.5 Å². The van der Waals surface area contributed by atoms with E-state index in [0.717, 1.165) is 9.37 Å². The molecule has 2 aromatic rings. The summed E-state index contributed by atoms with van der Waals surface area (Å²) in [7, 11) is 0. The Labute approximate surface area is 234 Å². The van der Waals surface area contributed by atoms with E-state index in [1.54, 1.807) is 36.4 Å². The highest BCUT2D eigenvalue weighted by Gasteiger charge is 2.63. The molecule has 3 aliphatic rings. The van der Waals surface area contributed by atoms with Crippen LogP contribution in [0.15, 0.2) is 46.9 Å². The molecule has 1 unspecified atom stereocenters. The Balaban J connectivity index is 1.46. The number of halogens is 4. The fourth-order valence-corrected chi connectivity index (χ4v) is 5.48. The van der Waals surface area contributed by atoms with Crippen molar-refractivity contribution in [2.24, 2.45) is 0 Å². The molecule has 0 radical (unpaired) electrons. The number of piperidine rings is 1. The SMILES string of the molecule is O=C1CCC(N2C(=O)c3ccc([C@H]4C[C@@]4(C(=O)OCC(Cl)(Cl)Cl)c4ccc(Br)cc4)cc3C2=O)C(=O)N1. The van der Waals surface area contributed by atoms with Crippen LogP contribution in [0.25, 0.3) is 0 Å². The van der Waals surface area contributed by atoms with Crippen molar-refractivity contribution in [2.45, 2.75) is 40.4 Å². The Morgan fingerprint density at radius 3 is 2.38 bits per heavy atom. The zero-order chi connectivity index (χ0) is 26.7. The number of ether oxygens (including phenoxy) is 1. The van der Waals surface area contributed by atoms with E-state index in [1.165, 1.54) is 6.07 Å². The summed E-state index contributed by atoms with van der Waals surface area (Å²) >= 11 is 20.7. The van der Waals surface area contributed by atoms with E-state index in [0.29, 0.717) is 17.5 Å². The molecule has 2 heterocycles. The smallest absolute Gasteiger partial charge is 0.317 e. The van der Waals surface area contributed by atoms with Gasteiger partial charge in [0.2, 0.25) is 15.6 Å². The Hall–Kier alpha value is -2.46. The van der Waals surface area contributed by atoms with Gasteiger partial charge in [-0.2, -0.15) is 0 Å². The Bertz CT molecular complexity index is 1360. The van der Waals surface area contributed by atoms with E-state index in [9.17, 15) is 24.0 Å². The molecule has 8 nitrogen and oxygen atoms in total. The van der Waals surface area contributed by atoms with E-state index in [1.807, 2.05) is 0 Å². The number of alkyl halides is 3. The van der Waals surface area contributed by atoms with Crippen LogP contribution in [0.5, 0.6) is 0 Å². The van der Waals surface area contributed by atoms with Gasteiger partial charge in [0.1, 0.15) is 18.1 Å². The lowest BCUT2D eigenvalue weighted by molar-refractivity contribution is -0.146. The van der Waals surface area contributed by atoms with Gasteiger partial charge in [0.15, 0.2) is 0 Å². The first-order chi connectivity index (χ1) is 17.4. The quantitative estimate of drug-likeness (QED) is 0.302. The summed E-state index contributed by atoms with van der Waals surface area (Å²) < 4.78 is 4.42. The molecular formula is C25H18BrCl3N2O6. The molecule has 0 bridgehead atoms. The highest BCUT2D eigenvalue weighted by molar-refractivity contribution is 9.10. The summed E-state index contributed by atoms with van der Waals surface area (Å²) in [5.41, 5.74) is 0.576. The Kier molecular flexibility index (Phi) is 6.63. The molecule has 2 fully saturated rings. The zero-order valence-corrected chi connectivity index (χ0v) is 22.8. The maximum atomic E-state index is 13.3. The molecule has 3 atom stereocenters. The van der Waals surface area contributed by atoms with E-state index in [2.05, 4.69) is 21.2 Å². The second-order valence-corrected chi connectivity index (χ2v) is 12.6. The van der Waals surface area contributed by atoms with Crippen molar-refractivity contribution in [2.75, 3.05) is 6.61 Å². The van der Waals surface area contributed by atoms with Gasteiger partial charge in [-0.25, -0.2) is 0 Å². The van der Waals surface area contributed by atoms with Gasteiger partial charge in [0.25, 0.3) is 11.8 Å². The highest BCUT2D eigenvalue weighted by atomic mass is 79.9. The van der Waals surface area contributed by atoms with Crippen molar-refractivity contribution < 1.29 is 28.7 Å². The third-order valence-corrected chi connectivity index (χ3v) is 7.77. The van der Waals surface area contributed by atoms with E-state index >= 15 is 0 Å². The number of hydrogen-bond acceptors (Lipinski definition) is 6. The number of hydrogen-bond donors (Lipinski definition) is 1. The number of carbonyl (C=O) groups is 5. The summed E-state index contributed by atoms with van der Waals surface area (Å²) in [6.45, 7) is -0.431. The number of benzene rings is 2. The first kappa shape index (κ1) is 26.2. The minimum absolute atomic E-state index is 0.0309. The van der Waals surface area contributed by atoms with Crippen LogP contribution in [-0.4, -0.2) is 50.9 Å². The van der Waals surface area contributed by atoms with Crippen LogP contribution < -0.4 is 5.32 Å². The molecule has 1 aliphatic carbocycles. The standard InChI is InChI=1S/C25H18BrCl3N2O6/c26-14-4-2-13(3-5-14)24(23(36)37-11-25(27,28)29)10-17(24)12-1-6-15-16(9-12)22(35)31(21(15)34)18-7-8-19(32)30-20(18)33/h1-6,9,17-18H,7-8,10-11H2,(H,30,32,33)/t17-,18?,24-/m1/s1. The van der Waals surface area contributed by atoms with Crippen molar-refractivity contribution >= 4 is 80.3 Å². The van der Waals surface area contributed by atoms with Crippen LogP contribution in [0.1, 0.15) is 57.0 Å². The van der Waals surface area contributed by atoms with E-state index < -0.39 is 51.5 Å². The normalized spacial score (nSPS) is 25.1. The molecule has 1 N–H and O–H groups in total. The van der Waals surface area contributed by atoms with Crippen LogP contribution in [0.4, 0.5) is 0 Å². The molecule has 12 heteroatoms. The lowest BCUT2D eigenvalue weighted by Crippen LogP contribution is -2.54. The molecule has 0 spiro atoms. The number of rotatable bonds is 5. The van der Waals surface area contributed by atoms with Crippen LogP contribution in [0, 0.1) is 0 Å². The summed E-state index contributed by atoms with van der Waals surface area (Å²) in [6.07, 6.45) is 0.474. The van der Waals surface area contributed by atoms with Gasteiger partial charge < -0.3 is 4.74 Å². The second-order valence-electron chi connectivity index (χ2n) is 9.18. The van der Waals surface area contributed by atoms with Gasteiger partial charge in [-0.1, -0.05) is 68.9 Å². The first-order valence-electron chi connectivity index (χ1n) is 11.3. The fraction of sp³-hybridized carbons (Fsp3) is 0.320. The van der Waals surface area contributed by atoms with Crippen molar-refractivity contribution in [3.8, 4) is 0 Å². The van der Waals surface area contributed by atoms with Gasteiger partial charge in [-0.05, 0) is 48.2 Å². The van der Waals surface area contributed by atoms with Crippen LogP contribution >= 0.6 is 50.7 Å². The molecule has 37 heavy (non-hydrogen) atoms. The molecule has 1 saturated heterocycles. The average molecular weight is 629 g/mol. The van der Waals surface area contributed by atoms with Crippen molar-refractivity contribution in [3.05, 3.63) is 69.2 Å². The van der Waals surface area contributed by atoms with Gasteiger partial charge in [0.05, 0.1) is 11.1 Å². The van der Waals surface area contributed by atoms with Crippen molar-refractivity contribution in [3.63, 3.8) is 0 Å². The molecule has 2 aliphatic heterocycles. The zero-order valence-electron chi connectivity index (χ0n) is 18.9. The van der Waals surface area contributed by atoms with Gasteiger partial charge >= 0.3 is 5.97 Å². The van der Waals surface area contributed by atoms with Crippen LogP contribution in [0.2, 0.25) is 0 Å². The topological polar surface area (TPSA) is 110 Å². The minimum Gasteiger partial charge on any atom is -0.460 e. The fourth-order valence-electron chi connectivity index (χ4n) is 5.06. The first-order valence-corrected chi connectivity index (χ1v) is 13.2. The maximum absolute atomic E-state index is 13.3. The lowest BCUT2D eigenvalue weighted by atomic mass is 9.90. The Morgan fingerprint density at radius 1 is 1.05 bits per heavy atom. The number of amides is 4. The summed E-state index contributed by atoms with van der Waals surface area (Å²) in [6, 6.07) is 10.9. The maximum Gasteiger partial charge on any atom is 0.317 e. The van der Waals surface area contributed by atoms with Crippen LogP contribution in [-0.2, 0) is 24.5 Å². The second kappa shape index (κ2) is 9.38. The van der Waals surface area contributed by atoms with Gasteiger partial charge in [-0.3, -0.25) is 34.2 Å². The van der Waals surface area contributed by atoms with Crippen LogP contribution in [0.3, 0.4) is 0 Å². The number of nitrogens with one attached hydrogen (secondary N) is 1. The summed E-state index contributed by atoms with van der Waals surface area (Å²) in [5, 5.41) is 2.17. The van der Waals surface area contributed by atoms with Gasteiger partial charge in [0, 0.05) is 16.8 Å². The number of imide groups is 2. The number of carbonyl (C=O) groups excluding carboxylic acids is 5. The Morgan fingerprint density at radius 2 is 1.73 bits per heavy atom. The third-order valence-electron chi connectivity index (χ3n) is 6.92. The van der Waals surface area contributed by atoms with Gasteiger partial charge in [-0.15, -0.1) is 0 Å². The van der Waals surface area contributed by atoms with Crippen molar-refractivity contribution in [1.29, 1.82) is 0 Å². The number of nitrogens with zero attached hydrogens (tertiary/aromatic N) is 1. The lowest BCUT2D eigenvalue weighted by Gasteiger charge is -2.27. The molecule has 192 valence electrons. The highest BCUT2D eigenvalue weighted by Crippen LogP contribution is 2.61. The largest absolute Gasteiger partial charge is 0.460 e. The predicted octanol–water partition coefficient (Wildman–Crippen LogP) is 4.19. The average Bonchev–Trinajstić information content (AvgIpc) is 3.55. The predicted molar refractivity (Wildman–Crippen MR) is 138 cm³/mol. The minimum atomic E-state index is -1.78.